The molecule has 28 heavy (non-hydrogen) atoms. The van der Waals surface area contributed by atoms with Crippen molar-refractivity contribution in [2.24, 2.45) is 0 Å². The van der Waals surface area contributed by atoms with Crippen molar-refractivity contribution in [3.05, 3.63) is 64.4 Å². The van der Waals surface area contributed by atoms with Crippen LogP contribution in [0.1, 0.15) is 17.0 Å². The second kappa shape index (κ2) is 8.71. The van der Waals surface area contributed by atoms with E-state index >= 15 is 0 Å². The fourth-order valence-corrected chi connectivity index (χ4v) is 3.96. The van der Waals surface area contributed by atoms with E-state index < -0.39 is 0 Å². The lowest BCUT2D eigenvalue weighted by atomic mass is 10.2. The normalized spacial score (nSPS) is 10.8. The lowest BCUT2D eigenvalue weighted by molar-refractivity contribution is -0.113. The summed E-state index contributed by atoms with van der Waals surface area (Å²) < 4.78 is 7.22. The van der Waals surface area contributed by atoms with Gasteiger partial charge in [0.15, 0.2) is 0 Å². The van der Waals surface area contributed by atoms with Crippen LogP contribution in [0.2, 0.25) is 5.02 Å². The molecule has 0 atom stereocenters. The van der Waals surface area contributed by atoms with Crippen molar-refractivity contribution in [1.29, 1.82) is 0 Å². The summed E-state index contributed by atoms with van der Waals surface area (Å²) >= 11 is 7.60. The summed E-state index contributed by atoms with van der Waals surface area (Å²) in [6.45, 7) is 5.86. The number of benzene rings is 2. The molecule has 2 aromatic carbocycles. The van der Waals surface area contributed by atoms with Crippen LogP contribution in [0.4, 0.5) is 5.69 Å². The number of amides is 1. The molecule has 1 amide bonds. The van der Waals surface area contributed by atoms with Gasteiger partial charge in [-0.25, -0.2) is 4.68 Å². The van der Waals surface area contributed by atoms with Gasteiger partial charge in [-0.15, -0.1) is 11.8 Å². The van der Waals surface area contributed by atoms with Crippen molar-refractivity contribution < 1.29 is 9.53 Å². The Hall–Kier alpha value is -2.44. The molecular formula is C21H22ClN3O2S. The van der Waals surface area contributed by atoms with Crippen LogP contribution >= 0.6 is 23.4 Å². The maximum Gasteiger partial charge on any atom is 0.234 e. The summed E-state index contributed by atoms with van der Waals surface area (Å²) in [7, 11) is 1.55. The third-order valence-corrected chi connectivity index (χ3v) is 6.02. The molecule has 1 aromatic heterocycles. The van der Waals surface area contributed by atoms with Gasteiger partial charge in [0.2, 0.25) is 5.91 Å². The summed E-state index contributed by atoms with van der Waals surface area (Å²) in [6.07, 6.45) is 0. The zero-order valence-electron chi connectivity index (χ0n) is 16.2. The van der Waals surface area contributed by atoms with Crippen LogP contribution < -0.4 is 10.1 Å². The zero-order valence-corrected chi connectivity index (χ0v) is 17.8. The van der Waals surface area contributed by atoms with Crippen molar-refractivity contribution in [1.82, 2.24) is 9.78 Å². The Bertz CT molecular complexity index is 1000. The molecule has 5 nitrogen and oxygen atoms in total. The van der Waals surface area contributed by atoms with Crippen molar-refractivity contribution in [2.45, 2.75) is 25.7 Å². The van der Waals surface area contributed by atoms with Gasteiger partial charge < -0.3 is 10.1 Å². The summed E-state index contributed by atoms with van der Waals surface area (Å²) in [5.41, 5.74) is 4.41. The predicted molar refractivity (Wildman–Crippen MR) is 115 cm³/mol. The number of carbonyl (C=O) groups excluding carboxylic acids is 1. The first kappa shape index (κ1) is 20.3. The molecule has 0 bridgehead atoms. The second-order valence-corrected chi connectivity index (χ2v) is 7.78. The van der Waals surface area contributed by atoms with Crippen LogP contribution in [0.25, 0.3) is 5.69 Å². The smallest absolute Gasteiger partial charge is 0.234 e. The van der Waals surface area contributed by atoms with Gasteiger partial charge in [0.25, 0.3) is 0 Å². The van der Waals surface area contributed by atoms with Gasteiger partial charge in [-0.2, -0.15) is 5.10 Å². The Morgan fingerprint density at radius 3 is 2.61 bits per heavy atom. The molecule has 0 aliphatic carbocycles. The van der Waals surface area contributed by atoms with E-state index in [1.807, 2.05) is 61.9 Å². The van der Waals surface area contributed by atoms with Gasteiger partial charge in [-0.3, -0.25) is 4.79 Å². The molecule has 0 aliphatic rings. The number of para-hydroxylation sites is 1. The van der Waals surface area contributed by atoms with Crippen molar-refractivity contribution in [3.63, 3.8) is 0 Å². The minimum Gasteiger partial charge on any atom is -0.495 e. The van der Waals surface area contributed by atoms with Crippen LogP contribution in [0, 0.1) is 20.8 Å². The van der Waals surface area contributed by atoms with Crippen molar-refractivity contribution in [2.75, 3.05) is 18.2 Å². The second-order valence-electron chi connectivity index (χ2n) is 6.39. The van der Waals surface area contributed by atoms with E-state index in [9.17, 15) is 4.79 Å². The van der Waals surface area contributed by atoms with E-state index in [2.05, 4.69) is 10.4 Å². The molecule has 3 rings (SSSR count). The van der Waals surface area contributed by atoms with E-state index in [0.29, 0.717) is 16.5 Å². The number of nitrogens with zero attached hydrogens (tertiary/aromatic N) is 2. The number of thioether (sulfide) groups is 1. The molecular weight excluding hydrogens is 394 g/mol. The van der Waals surface area contributed by atoms with Crippen LogP contribution in [0.5, 0.6) is 5.75 Å². The van der Waals surface area contributed by atoms with E-state index in [1.54, 1.807) is 13.2 Å². The number of aryl methyl sites for hydroxylation is 2. The highest BCUT2D eigenvalue weighted by Gasteiger charge is 2.16. The van der Waals surface area contributed by atoms with Gasteiger partial charge in [-0.05, 0) is 44.5 Å². The van der Waals surface area contributed by atoms with Crippen LogP contribution in [-0.2, 0) is 4.79 Å². The zero-order chi connectivity index (χ0) is 20.3. The van der Waals surface area contributed by atoms with Gasteiger partial charge in [0.05, 0.1) is 40.5 Å². The number of rotatable bonds is 6. The third kappa shape index (κ3) is 4.34. The maximum atomic E-state index is 12.5. The fraction of sp³-hybridized carbons (Fsp3) is 0.238. The van der Waals surface area contributed by atoms with E-state index in [-0.39, 0.29) is 11.7 Å². The Balaban J connectivity index is 1.72. The van der Waals surface area contributed by atoms with E-state index in [4.69, 9.17) is 16.3 Å². The number of ether oxygens (including phenoxy) is 1. The predicted octanol–water partition coefficient (Wildman–Crippen LogP) is 5.19. The number of carbonyl (C=O) groups is 1. The molecule has 7 heteroatoms. The topological polar surface area (TPSA) is 56.1 Å². The minimum absolute atomic E-state index is 0.115. The summed E-state index contributed by atoms with van der Waals surface area (Å²) in [6, 6.07) is 13.5. The number of halogens is 1. The maximum absolute atomic E-state index is 12.5. The number of aromatic nitrogens is 2. The fourth-order valence-electron chi connectivity index (χ4n) is 2.91. The molecule has 1 N–H and O–H groups in total. The summed E-state index contributed by atoms with van der Waals surface area (Å²) in [4.78, 5) is 13.5. The molecule has 0 saturated heterocycles. The first-order valence-electron chi connectivity index (χ1n) is 8.79. The lowest BCUT2D eigenvalue weighted by Gasteiger charge is -2.12. The highest BCUT2D eigenvalue weighted by Crippen LogP contribution is 2.32. The number of methoxy groups -OCH3 is 1. The van der Waals surface area contributed by atoms with Crippen molar-refractivity contribution in [3.8, 4) is 11.4 Å². The highest BCUT2D eigenvalue weighted by atomic mass is 35.5. The van der Waals surface area contributed by atoms with E-state index in [0.717, 1.165) is 27.5 Å². The van der Waals surface area contributed by atoms with Gasteiger partial charge in [0, 0.05) is 11.1 Å². The summed E-state index contributed by atoms with van der Waals surface area (Å²) in [5.74, 6) is 0.696. The molecule has 0 saturated carbocycles. The monoisotopic (exact) mass is 415 g/mol. The molecule has 0 radical (unpaired) electrons. The van der Waals surface area contributed by atoms with Gasteiger partial charge in [-0.1, -0.05) is 29.8 Å². The molecule has 0 unspecified atom stereocenters. The number of hydrogen-bond acceptors (Lipinski definition) is 4. The van der Waals surface area contributed by atoms with Crippen LogP contribution in [0.3, 0.4) is 0 Å². The lowest BCUT2D eigenvalue weighted by Crippen LogP contribution is -2.15. The quantitative estimate of drug-likeness (QED) is 0.563. The van der Waals surface area contributed by atoms with Crippen molar-refractivity contribution >= 4 is 35.0 Å². The molecule has 0 aliphatic heterocycles. The highest BCUT2D eigenvalue weighted by molar-refractivity contribution is 8.00. The Morgan fingerprint density at radius 1 is 1.21 bits per heavy atom. The minimum atomic E-state index is -0.115. The Labute approximate surface area is 174 Å². The number of nitrogens with one attached hydrogen (secondary N) is 1. The molecule has 146 valence electrons. The number of hydrogen-bond donors (Lipinski definition) is 1. The molecule has 0 fully saturated rings. The van der Waals surface area contributed by atoms with Gasteiger partial charge >= 0.3 is 0 Å². The average molecular weight is 416 g/mol. The molecule has 1 heterocycles. The van der Waals surface area contributed by atoms with Crippen LogP contribution in [-0.4, -0.2) is 28.6 Å². The molecule has 0 spiro atoms. The first-order valence-corrected chi connectivity index (χ1v) is 10.2. The molecule has 3 aromatic rings. The van der Waals surface area contributed by atoms with Gasteiger partial charge in [0.1, 0.15) is 5.75 Å². The Morgan fingerprint density at radius 2 is 1.93 bits per heavy atom. The van der Waals surface area contributed by atoms with Crippen LogP contribution in [0.15, 0.2) is 47.4 Å². The Kier molecular flexibility index (Phi) is 6.31. The number of anilines is 1. The average Bonchev–Trinajstić information content (AvgIpc) is 2.97. The third-order valence-electron chi connectivity index (χ3n) is 4.33. The largest absolute Gasteiger partial charge is 0.495 e. The van der Waals surface area contributed by atoms with E-state index in [1.165, 1.54) is 11.8 Å². The first-order chi connectivity index (χ1) is 13.4. The summed E-state index contributed by atoms with van der Waals surface area (Å²) in [5, 5.41) is 8.13. The standard InChI is InChI=1S/C21H22ClN3O2S/c1-13-10-18(19(27-4)11-17(13)22)23-20(26)12-28-21-14(2)24-25(15(21)3)16-8-6-5-7-9-16/h5-11H,12H2,1-4H3,(H,23,26). The SMILES string of the molecule is COc1cc(Cl)c(C)cc1NC(=O)CSc1c(C)nn(-c2ccccc2)c1C.